The van der Waals surface area contributed by atoms with Gasteiger partial charge in [0.1, 0.15) is 29.3 Å². The van der Waals surface area contributed by atoms with Crippen LogP contribution in [0.25, 0.3) is 0 Å². The molecule has 2 fully saturated rings. The highest BCUT2D eigenvalue weighted by Gasteiger charge is 2.22. The van der Waals surface area contributed by atoms with Gasteiger partial charge < -0.3 is 14.7 Å². The number of nitriles is 1. The van der Waals surface area contributed by atoms with Gasteiger partial charge in [-0.15, -0.1) is 0 Å². The van der Waals surface area contributed by atoms with Crippen LogP contribution in [0.5, 0.6) is 0 Å². The molecule has 4 rings (SSSR count). The van der Waals surface area contributed by atoms with Gasteiger partial charge in [-0.05, 0) is 38.0 Å². The zero-order valence-electron chi connectivity index (χ0n) is 15.5. The first-order valence-electron chi connectivity index (χ1n) is 9.44. The lowest BCUT2D eigenvalue weighted by molar-refractivity contribution is 0.623. The molecule has 1 aromatic heterocycles. The summed E-state index contributed by atoms with van der Waals surface area (Å²) in [6, 6.07) is 8.61. The van der Waals surface area contributed by atoms with Crippen molar-refractivity contribution < 1.29 is 4.39 Å². The first-order valence-corrected chi connectivity index (χ1v) is 9.44. The molecule has 0 aliphatic carbocycles. The number of halogens is 1. The summed E-state index contributed by atoms with van der Waals surface area (Å²) >= 11 is 0. The molecular formula is C20H23FN6. The van der Waals surface area contributed by atoms with E-state index in [2.05, 4.69) is 36.8 Å². The number of hydrogen-bond acceptors (Lipinski definition) is 6. The van der Waals surface area contributed by atoms with E-state index in [0.717, 1.165) is 62.4 Å². The quantitative estimate of drug-likeness (QED) is 0.832. The Bertz CT molecular complexity index is 863. The number of aromatic nitrogens is 2. The molecule has 7 heteroatoms. The molecule has 0 saturated carbocycles. The van der Waals surface area contributed by atoms with Crippen molar-refractivity contribution in [1.82, 2.24) is 9.97 Å². The molecule has 0 spiro atoms. The highest BCUT2D eigenvalue weighted by atomic mass is 19.1. The van der Waals surface area contributed by atoms with Crippen LogP contribution < -0.4 is 14.7 Å². The van der Waals surface area contributed by atoms with E-state index in [0.29, 0.717) is 5.56 Å². The average molecular weight is 366 g/mol. The van der Waals surface area contributed by atoms with Gasteiger partial charge in [-0.25, -0.2) is 14.4 Å². The van der Waals surface area contributed by atoms with Gasteiger partial charge >= 0.3 is 0 Å². The van der Waals surface area contributed by atoms with Crippen molar-refractivity contribution in [2.24, 2.45) is 0 Å². The van der Waals surface area contributed by atoms with Crippen LogP contribution in [0.2, 0.25) is 0 Å². The van der Waals surface area contributed by atoms with E-state index in [4.69, 9.17) is 0 Å². The van der Waals surface area contributed by atoms with Gasteiger partial charge in [0, 0.05) is 45.3 Å². The van der Waals surface area contributed by atoms with E-state index >= 15 is 0 Å². The molecule has 0 amide bonds. The minimum atomic E-state index is -0.375. The fourth-order valence-corrected chi connectivity index (χ4v) is 3.86. The van der Waals surface area contributed by atoms with Crippen molar-refractivity contribution in [1.29, 1.82) is 5.26 Å². The predicted molar refractivity (Wildman–Crippen MR) is 104 cm³/mol. The third-order valence-corrected chi connectivity index (χ3v) is 5.26. The Morgan fingerprint density at radius 2 is 1.48 bits per heavy atom. The summed E-state index contributed by atoms with van der Waals surface area (Å²) < 4.78 is 13.4. The number of nitrogens with zero attached hydrogens (tertiary/aromatic N) is 6. The topological polar surface area (TPSA) is 59.3 Å². The Hall–Kier alpha value is -2.88. The van der Waals surface area contributed by atoms with E-state index < -0.39 is 0 Å². The van der Waals surface area contributed by atoms with E-state index in [1.807, 2.05) is 6.92 Å². The summed E-state index contributed by atoms with van der Waals surface area (Å²) in [4.78, 5) is 16.0. The third-order valence-electron chi connectivity index (χ3n) is 5.26. The largest absolute Gasteiger partial charge is 0.367 e. The van der Waals surface area contributed by atoms with Crippen LogP contribution in [-0.2, 0) is 0 Å². The fourth-order valence-electron chi connectivity index (χ4n) is 3.86. The number of piperazine rings is 1. The van der Waals surface area contributed by atoms with Crippen LogP contribution in [-0.4, -0.2) is 49.2 Å². The van der Waals surface area contributed by atoms with Gasteiger partial charge in [-0.2, -0.15) is 5.26 Å². The van der Waals surface area contributed by atoms with Crippen molar-refractivity contribution >= 4 is 17.3 Å². The summed E-state index contributed by atoms with van der Waals surface area (Å²) in [6.45, 7) is 7.20. The normalized spacial score (nSPS) is 17.3. The first kappa shape index (κ1) is 17.5. The van der Waals surface area contributed by atoms with Crippen molar-refractivity contribution in [2.45, 2.75) is 19.8 Å². The fraction of sp³-hybridized carbons (Fsp3) is 0.450. The van der Waals surface area contributed by atoms with Crippen molar-refractivity contribution in [3.63, 3.8) is 0 Å². The molecular weight excluding hydrogens is 343 g/mol. The maximum absolute atomic E-state index is 13.4. The average Bonchev–Trinajstić information content (AvgIpc) is 3.22. The van der Waals surface area contributed by atoms with Crippen LogP contribution in [0, 0.1) is 24.1 Å². The molecule has 2 aromatic rings. The Balaban J connectivity index is 1.49. The Morgan fingerprint density at radius 3 is 2.11 bits per heavy atom. The Kier molecular flexibility index (Phi) is 4.80. The van der Waals surface area contributed by atoms with Gasteiger partial charge in [0.05, 0.1) is 11.3 Å². The lowest BCUT2D eigenvalue weighted by atomic mass is 10.1. The van der Waals surface area contributed by atoms with Crippen LogP contribution in [0.1, 0.15) is 24.2 Å². The molecule has 140 valence electrons. The second kappa shape index (κ2) is 7.39. The van der Waals surface area contributed by atoms with E-state index in [9.17, 15) is 9.65 Å². The van der Waals surface area contributed by atoms with Gasteiger partial charge in [0.25, 0.3) is 0 Å². The number of hydrogen-bond donors (Lipinski definition) is 0. The zero-order chi connectivity index (χ0) is 18.8. The highest BCUT2D eigenvalue weighted by Crippen LogP contribution is 2.26. The molecule has 0 radical (unpaired) electrons. The second-order valence-electron chi connectivity index (χ2n) is 7.07. The van der Waals surface area contributed by atoms with E-state index in [-0.39, 0.29) is 5.82 Å². The SMILES string of the molecule is Cc1nc(N2CCCC2)cc(N2CCN(c3ccc(F)cc3C#N)CC2)n1. The van der Waals surface area contributed by atoms with Crippen molar-refractivity contribution in [3.05, 3.63) is 41.5 Å². The summed E-state index contributed by atoms with van der Waals surface area (Å²) in [5.41, 5.74) is 1.19. The van der Waals surface area contributed by atoms with Crippen molar-refractivity contribution in [2.75, 3.05) is 54.0 Å². The lowest BCUT2D eigenvalue weighted by Gasteiger charge is -2.37. The van der Waals surface area contributed by atoms with Crippen LogP contribution >= 0.6 is 0 Å². The molecule has 6 nitrogen and oxygen atoms in total. The lowest BCUT2D eigenvalue weighted by Crippen LogP contribution is -2.47. The molecule has 0 bridgehead atoms. The summed E-state index contributed by atoms with van der Waals surface area (Å²) in [7, 11) is 0. The van der Waals surface area contributed by atoms with Crippen LogP contribution in [0.4, 0.5) is 21.7 Å². The monoisotopic (exact) mass is 366 g/mol. The molecule has 1 aromatic carbocycles. The number of aryl methyl sites for hydroxylation is 1. The number of benzene rings is 1. The number of rotatable bonds is 3. The molecule has 0 N–H and O–H groups in total. The maximum atomic E-state index is 13.4. The van der Waals surface area contributed by atoms with Gasteiger partial charge in [-0.1, -0.05) is 0 Å². The molecule has 2 aliphatic heterocycles. The standard InChI is InChI=1S/C20H23FN6/c1-15-23-19(26-6-2-3-7-26)13-20(24-15)27-10-8-25(9-11-27)18-5-4-17(21)12-16(18)14-22/h4-5,12-13H,2-3,6-11H2,1H3. The molecule has 3 heterocycles. The van der Waals surface area contributed by atoms with Crippen LogP contribution in [0.3, 0.4) is 0 Å². The molecule has 27 heavy (non-hydrogen) atoms. The molecule has 2 aliphatic rings. The Morgan fingerprint density at radius 1 is 0.889 bits per heavy atom. The predicted octanol–water partition coefficient (Wildman–Crippen LogP) is 2.72. The van der Waals surface area contributed by atoms with Gasteiger partial charge in [0.2, 0.25) is 0 Å². The molecule has 0 atom stereocenters. The van der Waals surface area contributed by atoms with Crippen molar-refractivity contribution in [3.8, 4) is 6.07 Å². The maximum Gasteiger partial charge on any atom is 0.134 e. The van der Waals surface area contributed by atoms with E-state index in [1.54, 1.807) is 6.07 Å². The smallest absolute Gasteiger partial charge is 0.134 e. The first-order chi connectivity index (χ1) is 13.1. The summed E-state index contributed by atoms with van der Waals surface area (Å²) in [5, 5.41) is 9.29. The highest BCUT2D eigenvalue weighted by molar-refractivity contribution is 5.61. The van der Waals surface area contributed by atoms with Crippen LogP contribution in [0.15, 0.2) is 24.3 Å². The number of anilines is 3. The van der Waals surface area contributed by atoms with E-state index in [1.165, 1.54) is 25.0 Å². The molecule has 0 unspecified atom stereocenters. The Labute approximate surface area is 158 Å². The minimum absolute atomic E-state index is 0.375. The second-order valence-corrected chi connectivity index (χ2v) is 7.07. The summed E-state index contributed by atoms with van der Waals surface area (Å²) in [5.74, 6) is 2.40. The summed E-state index contributed by atoms with van der Waals surface area (Å²) in [6.07, 6.45) is 2.44. The van der Waals surface area contributed by atoms with Gasteiger partial charge in [0.15, 0.2) is 0 Å². The zero-order valence-corrected chi connectivity index (χ0v) is 15.5. The third kappa shape index (κ3) is 3.65. The van der Waals surface area contributed by atoms with Gasteiger partial charge in [-0.3, -0.25) is 0 Å². The molecule has 2 saturated heterocycles. The minimum Gasteiger partial charge on any atom is -0.367 e.